The van der Waals surface area contributed by atoms with Crippen LogP contribution in [0.15, 0.2) is 97.1 Å². The Kier molecular flexibility index (Phi) is 5.37. The average Bonchev–Trinajstić information content (AvgIpc) is 3.23. The van der Waals surface area contributed by atoms with Crippen molar-refractivity contribution in [3.8, 4) is 28.4 Å². The SMILES string of the molecule is COc1cc2c3c(c4c(c2cc1OC)-c1ccc(C)cc1C4(C)C)C=CC(c1ccccc1)(c1ccccc1)O3. The van der Waals surface area contributed by atoms with Crippen LogP contribution in [0.25, 0.3) is 28.0 Å². The molecule has 0 radical (unpaired) electrons. The van der Waals surface area contributed by atoms with Crippen LogP contribution >= 0.6 is 0 Å². The van der Waals surface area contributed by atoms with Crippen molar-refractivity contribution in [1.29, 1.82) is 0 Å². The molecule has 0 saturated carbocycles. The van der Waals surface area contributed by atoms with Crippen LogP contribution in [0.4, 0.5) is 0 Å². The van der Waals surface area contributed by atoms with Crippen molar-refractivity contribution in [3.05, 3.63) is 130 Å². The van der Waals surface area contributed by atoms with Gasteiger partial charge in [-0.1, -0.05) is 104 Å². The molecule has 0 saturated heterocycles. The summed E-state index contributed by atoms with van der Waals surface area (Å²) in [5.74, 6) is 2.25. The van der Waals surface area contributed by atoms with Crippen molar-refractivity contribution in [2.45, 2.75) is 31.8 Å². The summed E-state index contributed by atoms with van der Waals surface area (Å²) in [7, 11) is 3.38. The van der Waals surface area contributed by atoms with Gasteiger partial charge in [0.15, 0.2) is 17.1 Å². The largest absolute Gasteiger partial charge is 0.493 e. The molecule has 0 atom stereocenters. The molecule has 40 heavy (non-hydrogen) atoms. The molecule has 1 aliphatic carbocycles. The van der Waals surface area contributed by atoms with Gasteiger partial charge >= 0.3 is 0 Å². The summed E-state index contributed by atoms with van der Waals surface area (Å²) in [5, 5.41) is 2.11. The van der Waals surface area contributed by atoms with Crippen LogP contribution in [-0.2, 0) is 11.0 Å². The first-order valence-corrected chi connectivity index (χ1v) is 13.8. The van der Waals surface area contributed by atoms with Gasteiger partial charge < -0.3 is 14.2 Å². The Hall–Kier alpha value is -4.50. The molecule has 7 rings (SSSR count). The number of methoxy groups -OCH3 is 2. The van der Waals surface area contributed by atoms with Gasteiger partial charge in [0.1, 0.15) is 5.75 Å². The molecule has 0 unspecified atom stereocenters. The van der Waals surface area contributed by atoms with E-state index >= 15 is 0 Å². The maximum absolute atomic E-state index is 7.34. The summed E-state index contributed by atoms with van der Waals surface area (Å²) < 4.78 is 18.9. The van der Waals surface area contributed by atoms with E-state index in [0.717, 1.165) is 33.2 Å². The van der Waals surface area contributed by atoms with Crippen molar-refractivity contribution in [3.63, 3.8) is 0 Å². The fourth-order valence-corrected chi connectivity index (χ4v) is 6.77. The normalized spacial score (nSPS) is 15.6. The Labute approximate surface area is 235 Å². The van der Waals surface area contributed by atoms with Gasteiger partial charge in [0.2, 0.25) is 0 Å². The summed E-state index contributed by atoms with van der Waals surface area (Å²) >= 11 is 0. The third kappa shape index (κ3) is 3.30. The van der Waals surface area contributed by atoms with Gasteiger partial charge in [0.25, 0.3) is 0 Å². The molecule has 5 aromatic carbocycles. The highest BCUT2D eigenvalue weighted by atomic mass is 16.5. The molecule has 0 spiro atoms. The minimum absolute atomic E-state index is 0.213. The van der Waals surface area contributed by atoms with Crippen LogP contribution in [0.2, 0.25) is 0 Å². The number of aryl methyl sites for hydroxylation is 1. The Morgan fingerprint density at radius 1 is 0.700 bits per heavy atom. The van der Waals surface area contributed by atoms with E-state index in [1.165, 1.54) is 27.8 Å². The zero-order valence-corrected chi connectivity index (χ0v) is 23.5. The smallest absolute Gasteiger partial charge is 0.178 e. The molecule has 2 aliphatic rings. The standard InChI is InChI=1S/C37H32O3/c1-23-16-17-26-30(20-23)36(2,3)34-27-18-19-37(24-12-8-6-9-13-24,25-14-10-7-11-15-25)40-35(27)29-22-32(39-5)31(38-4)21-28(29)33(26)34/h6-22H,1-5H3. The minimum Gasteiger partial charge on any atom is -0.493 e. The molecule has 0 bridgehead atoms. The second kappa shape index (κ2) is 8.76. The molecule has 3 nitrogen and oxygen atoms in total. The van der Waals surface area contributed by atoms with Crippen LogP contribution < -0.4 is 14.2 Å². The molecule has 3 heteroatoms. The highest BCUT2D eigenvalue weighted by Crippen LogP contribution is 2.59. The quantitative estimate of drug-likeness (QED) is 0.235. The Balaban J connectivity index is 1.61. The monoisotopic (exact) mass is 524 g/mol. The predicted octanol–water partition coefficient (Wildman–Crippen LogP) is 8.82. The van der Waals surface area contributed by atoms with Crippen LogP contribution in [0.1, 0.15) is 47.2 Å². The van der Waals surface area contributed by atoms with E-state index in [4.69, 9.17) is 14.2 Å². The Morgan fingerprint density at radius 2 is 1.30 bits per heavy atom. The van der Waals surface area contributed by atoms with E-state index in [0.29, 0.717) is 11.5 Å². The molecule has 5 aromatic rings. The van der Waals surface area contributed by atoms with Gasteiger partial charge in [0, 0.05) is 27.5 Å². The second-order valence-electron chi connectivity index (χ2n) is 11.3. The summed E-state index contributed by atoms with van der Waals surface area (Å²) in [6.45, 7) is 6.82. The Morgan fingerprint density at radius 3 is 1.90 bits per heavy atom. The average molecular weight is 525 g/mol. The molecule has 198 valence electrons. The van der Waals surface area contributed by atoms with Crippen LogP contribution in [0.3, 0.4) is 0 Å². The first kappa shape index (κ1) is 24.5. The van der Waals surface area contributed by atoms with Gasteiger partial charge in [-0.05, 0) is 52.8 Å². The maximum Gasteiger partial charge on any atom is 0.178 e. The fourth-order valence-electron chi connectivity index (χ4n) is 6.77. The van der Waals surface area contributed by atoms with Crippen molar-refractivity contribution >= 4 is 16.8 Å². The van der Waals surface area contributed by atoms with Gasteiger partial charge in [-0.3, -0.25) is 0 Å². The van der Waals surface area contributed by atoms with E-state index in [2.05, 4.69) is 112 Å². The highest BCUT2D eigenvalue weighted by molar-refractivity contribution is 6.09. The number of hydrogen-bond donors (Lipinski definition) is 0. The molecule has 0 aromatic heterocycles. The van der Waals surface area contributed by atoms with Gasteiger partial charge in [-0.15, -0.1) is 0 Å². The second-order valence-corrected chi connectivity index (χ2v) is 11.3. The van der Waals surface area contributed by atoms with E-state index in [1.54, 1.807) is 14.2 Å². The van der Waals surface area contributed by atoms with Crippen LogP contribution in [0, 0.1) is 6.92 Å². The van der Waals surface area contributed by atoms with E-state index in [9.17, 15) is 0 Å². The summed E-state index contributed by atoms with van der Waals surface area (Å²) in [6.07, 6.45) is 4.52. The number of ether oxygens (including phenoxy) is 3. The topological polar surface area (TPSA) is 27.7 Å². The first-order chi connectivity index (χ1) is 19.4. The number of benzene rings is 5. The Bertz CT molecular complexity index is 1770. The molecular weight excluding hydrogens is 492 g/mol. The molecule has 1 heterocycles. The third-order valence-corrected chi connectivity index (χ3v) is 8.70. The van der Waals surface area contributed by atoms with Crippen molar-refractivity contribution < 1.29 is 14.2 Å². The lowest BCUT2D eigenvalue weighted by Crippen LogP contribution is -2.35. The van der Waals surface area contributed by atoms with Gasteiger partial charge in [-0.2, -0.15) is 0 Å². The maximum atomic E-state index is 7.34. The van der Waals surface area contributed by atoms with E-state index in [-0.39, 0.29) is 5.41 Å². The van der Waals surface area contributed by atoms with E-state index in [1.807, 2.05) is 12.1 Å². The zero-order chi connectivity index (χ0) is 27.6. The summed E-state index contributed by atoms with van der Waals surface area (Å²) in [6, 6.07) is 32.0. The lowest BCUT2D eigenvalue weighted by atomic mass is 9.76. The van der Waals surface area contributed by atoms with Crippen molar-refractivity contribution in [2.24, 2.45) is 0 Å². The van der Waals surface area contributed by atoms with Crippen molar-refractivity contribution in [2.75, 3.05) is 14.2 Å². The van der Waals surface area contributed by atoms with Crippen LogP contribution in [0.5, 0.6) is 17.2 Å². The van der Waals surface area contributed by atoms with Crippen molar-refractivity contribution in [1.82, 2.24) is 0 Å². The number of hydrogen-bond acceptors (Lipinski definition) is 3. The highest BCUT2D eigenvalue weighted by Gasteiger charge is 2.44. The van der Waals surface area contributed by atoms with Crippen LogP contribution in [-0.4, -0.2) is 14.2 Å². The summed E-state index contributed by atoms with van der Waals surface area (Å²) in [5.41, 5.74) is 8.68. The van der Waals surface area contributed by atoms with E-state index < -0.39 is 5.60 Å². The molecule has 1 aliphatic heterocycles. The fraction of sp³-hybridized carbons (Fsp3) is 0.189. The van der Waals surface area contributed by atoms with Gasteiger partial charge in [-0.25, -0.2) is 0 Å². The zero-order valence-electron chi connectivity index (χ0n) is 23.5. The summed E-state index contributed by atoms with van der Waals surface area (Å²) in [4.78, 5) is 0. The predicted molar refractivity (Wildman–Crippen MR) is 163 cm³/mol. The molecular formula is C37H32O3. The molecule has 0 N–H and O–H groups in total. The lowest BCUT2D eigenvalue weighted by Gasteiger charge is -2.38. The number of fused-ring (bicyclic) bond motifs is 8. The molecule has 0 amide bonds. The molecule has 0 fully saturated rings. The van der Waals surface area contributed by atoms with Gasteiger partial charge in [0.05, 0.1) is 14.2 Å². The third-order valence-electron chi connectivity index (χ3n) is 8.70. The first-order valence-electron chi connectivity index (χ1n) is 13.8. The lowest BCUT2D eigenvalue weighted by molar-refractivity contribution is 0.163. The number of rotatable bonds is 4. The minimum atomic E-state index is -0.782.